The maximum atomic E-state index is 11.3. The van der Waals surface area contributed by atoms with Gasteiger partial charge in [-0.25, -0.2) is 0 Å². The van der Waals surface area contributed by atoms with Crippen molar-refractivity contribution in [2.24, 2.45) is 4.99 Å². The van der Waals surface area contributed by atoms with Crippen LogP contribution < -0.4 is 5.32 Å². The molecule has 1 fully saturated rings. The first-order valence-corrected chi connectivity index (χ1v) is 5.40. The minimum Gasteiger partial charge on any atom is -0.358 e. The molecule has 0 spiro atoms. The van der Waals surface area contributed by atoms with E-state index >= 15 is 0 Å². The average Bonchev–Trinajstić information content (AvgIpc) is 2.60. The van der Waals surface area contributed by atoms with Gasteiger partial charge in [0.15, 0.2) is 0 Å². The van der Waals surface area contributed by atoms with Gasteiger partial charge in [-0.3, -0.25) is 15.2 Å². The van der Waals surface area contributed by atoms with Crippen LogP contribution in [0.1, 0.15) is 12.8 Å². The van der Waals surface area contributed by atoms with E-state index in [4.69, 9.17) is 17.0 Å². The summed E-state index contributed by atoms with van der Waals surface area (Å²) < 4.78 is 0. The molecule has 15 heavy (non-hydrogen) atoms. The zero-order valence-corrected chi connectivity index (χ0v) is 9.00. The number of aliphatic imine (C=N–C) groups is 1. The van der Waals surface area contributed by atoms with E-state index in [-0.39, 0.29) is 11.9 Å². The number of hydrogen-bond donors (Lipinski definition) is 2. The van der Waals surface area contributed by atoms with Gasteiger partial charge >= 0.3 is 0 Å². The fraction of sp³-hybridized carbons (Fsp3) is 0.667. The Balaban J connectivity index is 1.99. The quantitative estimate of drug-likeness (QED) is 0.663. The van der Waals surface area contributed by atoms with Gasteiger partial charge in [-0.2, -0.15) is 0 Å². The number of hydrogen-bond acceptors (Lipinski definition) is 3. The number of nitrogens with zero attached hydrogens (tertiary/aromatic N) is 2. The van der Waals surface area contributed by atoms with Gasteiger partial charge in [0.2, 0.25) is 5.91 Å². The number of halogens is 1. The van der Waals surface area contributed by atoms with Crippen LogP contribution in [0, 0.1) is 5.41 Å². The number of nitrogens with one attached hydrogen (secondary N) is 2. The number of alkyl halides is 1. The van der Waals surface area contributed by atoms with Crippen molar-refractivity contribution in [2.45, 2.75) is 24.3 Å². The Labute approximate surface area is 93.0 Å². The van der Waals surface area contributed by atoms with Crippen molar-refractivity contribution in [1.29, 1.82) is 5.41 Å². The van der Waals surface area contributed by atoms with E-state index in [0.717, 1.165) is 19.4 Å². The fourth-order valence-corrected chi connectivity index (χ4v) is 2.03. The molecule has 0 aromatic carbocycles. The molecule has 5 nitrogen and oxygen atoms in total. The van der Waals surface area contributed by atoms with Gasteiger partial charge in [0.25, 0.3) is 0 Å². The van der Waals surface area contributed by atoms with Gasteiger partial charge in [-0.15, -0.1) is 11.6 Å². The Kier molecular flexibility index (Phi) is 2.90. The van der Waals surface area contributed by atoms with Gasteiger partial charge < -0.3 is 10.2 Å². The molecule has 0 unspecified atom stereocenters. The molecular weight excluding hydrogens is 216 g/mol. The van der Waals surface area contributed by atoms with Crippen molar-refractivity contribution in [2.75, 3.05) is 13.1 Å². The summed E-state index contributed by atoms with van der Waals surface area (Å²) in [4.78, 5) is 17.3. The Morgan fingerprint density at radius 2 is 2.53 bits per heavy atom. The minimum absolute atomic E-state index is 0.206. The number of likely N-dealkylation sites (tertiary alicyclic amines) is 1. The lowest BCUT2D eigenvalue weighted by atomic mass is 10.1. The second-order valence-corrected chi connectivity index (χ2v) is 4.22. The van der Waals surface area contributed by atoms with E-state index < -0.39 is 5.38 Å². The molecule has 0 aromatic rings. The summed E-state index contributed by atoms with van der Waals surface area (Å²) in [6.45, 7) is 1.44. The van der Waals surface area contributed by atoms with Crippen LogP contribution in [0.4, 0.5) is 0 Å². The van der Waals surface area contributed by atoms with Crippen LogP contribution in [-0.4, -0.2) is 47.5 Å². The molecule has 2 atom stereocenters. The van der Waals surface area contributed by atoms with Gasteiger partial charge in [-0.05, 0) is 6.42 Å². The zero-order valence-electron chi connectivity index (χ0n) is 8.24. The molecule has 2 aliphatic rings. The van der Waals surface area contributed by atoms with Crippen LogP contribution in [-0.2, 0) is 4.79 Å². The van der Waals surface area contributed by atoms with Gasteiger partial charge in [0, 0.05) is 19.5 Å². The van der Waals surface area contributed by atoms with Crippen molar-refractivity contribution in [3.63, 3.8) is 0 Å². The molecule has 0 saturated carbocycles. The van der Waals surface area contributed by atoms with E-state index in [1.165, 1.54) is 6.34 Å². The predicted molar refractivity (Wildman–Crippen MR) is 58.6 cm³/mol. The number of rotatable bonds is 2. The van der Waals surface area contributed by atoms with E-state index in [0.29, 0.717) is 12.4 Å². The third-order valence-electron chi connectivity index (χ3n) is 2.69. The fourth-order valence-electron chi connectivity index (χ4n) is 1.82. The Morgan fingerprint density at radius 3 is 3.20 bits per heavy atom. The largest absolute Gasteiger partial charge is 0.358 e. The standard InChI is InChI=1S/C9H13ClN4O/c10-8-6(12-5-13-9(8)15)4-14-3-1-2-7(14)11/h5-6,8,11H,1-4H2,(H,12,13,15)/t6-,8-/m0/s1. The first kappa shape index (κ1) is 10.4. The highest BCUT2D eigenvalue weighted by Crippen LogP contribution is 2.16. The minimum atomic E-state index is -0.622. The Hall–Kier alpha value is -1.10. The van der Waals surface area contributed by atoms with Gasteiger partial charge in [-0.1, -0.05) is 0 Å². The molecule has 2 rings (SSSR count). The van der Waals surface area contributed by atoms with Gasteiger partial charge in [0.05, 0.1) is 18.2 Å². The lowest BCUT2D eigenvalue weighted by molar-refractivity contribution is -0.119. The highest BCUT2D eigenvalue weighted by Gasteiger charge is 2.31. The molecular formula is C9H13ClN4O. The van der Waals surface area contributed by atoms with Gasteiger partial charge in [0.1, 0.15) is 5.38 Å². The summed E-state index contributed by atoms with van der Waals surface area (Å²) in [5.41, 5.74) is 0. The number of carbonyl (C=O) groups excluding carboxylic acids is 1. The predicted octanol–water partition coefficient (Wildman–Crippen LogP) is 0.194. The SMILES string of the molecule is N=C1CCCN1C[C@@H]1N=CNC(=O)[C@H]1Cl. The molecule has 1 saturated heterocycles. The monoisotopic (exact) mass is 228 g/mol. The van der Waals surface area contributed by atoms with Crippen molar-refractivity contribution in [3.8, 4) is 0 Å². The lowest BCUT2D eigenvalue weighted by Gasteiger charge is -2.26. The molecule has 6 heteroatoms. The van der Waals surface area contributed by atoms with E-state index in [1.54, 1.807) is 0 Å². The molecule has 2 aliphatic heterocycles. The summed E-state index contributed by atoms with van der Waals surface area (Å²) in [6, 6.07) is -0.237. The zero-order chi connectivity index (χ0) is 10.8. The summed E-state index contributed by atoms with van der Waals surface area (Å²) >= 11 is 5.94. The van der Waals surface area contributed by atoms with Crippen LogP contribution in [0.15, 0.2) is 4.99 Å². The molecule has 1 amide bonds. The molecule has 82 valence electrons. The first-order valence-electron chi connectivity index (χ1n) is 4.97. The second-order valence-electron chi connectivity index (χ2n) is 3.75. The third kappa shape index (κ3) is 2.12. The molecule has 2 heterocycles. The number of amides is 1. The second kappa shape index (κ2) is 4.18. The van der Waals surface area contributed by atoms with Crippen LogP contribution in [0.25, 0.3) is 0 Å². The molecule has 0 aliphatic carbocycles. The molecule has 0 bridgehead atoms. The average molecular weight is 229 g/mol. The summed E-state index contributed by atoms with van der Waals surface area (Å²) in [5, 5.41) is 9.51. The highest BCUT2D eigenvalue weighted by atomic mass is 35.5. The maximum absolute atomic E-state index is 11.3. The maximum Gasteiger partial charge on any atom is 0.245 e. The van der Waals surface area contributed by atoms with Crippen LogP contribution >= 0.6 is 11.6 Å². The smallest absolute Gasteiger partial charge is 0.245 e. The van der Waals surface area contributed by atoms with Crippen LogP contribution in [0.5, 0.6) is 0 Å². The summed E-state index contributed by atoms with van der Waals surface area (Å²) in [7, 11) is 0. The van der Waals surface area contributed by atoms with E-state index in [2.05, 4.69) is 10.3 Å². The van der Waals surface area contributed by atoms with Crippen molar-refractivity contribution in [3.05, 3.63) is 0 Å². The van der Waals surface area contributed by atoms with Crippen LogP contribution in [0.3, 0.4) is 0 Å². The Bertz CT molecular complexity index is 317. The van der Waals surface area contributed by atoms with Crippen LogP contribution in [0.2, 0.25) is 0 Å². The molecule has 0 radical (unpaired) electrons. The van der Waals surface area contributed by atoms with Crippen molar-refractivity contribution >= 4 is 29.7 Å². The summed E-state index contributed by atoms with van der Waals surface area (Å²) in [5.74, 6) is 0.419. The van der Waals surface area contributed by atoms with Crippen molar-refractivity contribution in [1.82, 2.24) is 10.2 Å². The highest BCUT2D eigenvalue weighted by molar-refractivity contribution is 6.32. The molecule has 2 N–H and O–H groups in total. The topological polar surface area (TPSA) is 68.6 Å². The summed E-state index contributed by atoms with van der Waals surface area (Å²) in [6.07, 6.45) is 3.22. The van der Waals surface area contributed by atoms with E-state index in [9.17, 15) is 4.79 Å². The number of amidine groups is 1. The Morgan fingerprint density at radius 1 is 1.73 bits per heavy atom. The van der Waals surface area contributed by atoms with Crippen molar-refractivity contribution < 1.29 is 4.79 Å². The van der Waals surface area contributed by atoms with E-state index in [1.807, 2.05) is 4.90 Å². The lowest BCUT2D eigenvalue weighted by Crippen LogP contribution is -2.47. The first-order chi connectivity index (χ1) is 7.18. The molecule has 0 aromatic heterocycles. The third-order valence-corrected chi connectivity index (χ3v) is 3.18. The normalized spacial score (nSPS) is 30.9. The number of carbonyl (C=O) groups is 1.